The van der Waals surface area contributed by atoms with Crippen molar-refractivity contribution in [2.45, 2.75) is 6.92 Å². The number of allylic oxidation sites excluding steroid dienone is 4. The molecule has 0 aromatic heterocycles. The molecule has 0 aromatic carbocycles. The molecule has 0 aromatic rings. The standard InChI is InChI=1S/C8H11N/c1-4-6-7-8(5-2)9-3/h4-7H,2-3H2,1H3/b6-4-,8-7-. The quantitative estimate of drug-likeness (QED) is 0.401. The maximum absolute atomic E-state index is 3.69. The Morgan fingerprint density at radius 3 is 2.56 bits per heavy atom. The van der Waals surface area contributed by atoms with Gasteiger partial charge in [0, 0.05) is 0 Å². The Morgan fingerprint density at radius 1 is 1.56 bits per heavy atom. The molecule has 0 fully saturated rings. The van der Waals surface area contributed by atoms with Crippen molar-refractivity contribution in [3.05, 3.63) is 36.6 Å². The molecule has 48 valence electrons. The summed E-state index contributed by atoms with van der Waals surface area (Å²) < 4.78 is 0. The summed E-state index contributed by atoms with van der Waals surface area (Å²) >= 11 is 0. The first kappa shape index (κ1) is 7.89. The van der Waals surface area contributed by atoms with Crippen molar-refractivity contribution in [2.24, 2.45) is 4.99 Å². The molecule has 0 bridgehead atoms. The van der Waals surface area contributed by atoms with E-state index >= 15 is 0 Å². The largest absolute Gasteiger partial charge is 0.265 e. The molecule has 1 nitrogen and oxygen atoms in total. The van der Waals surface area contributed by atoms with Crippen molar-refractivity contribution in [2.75, 3.05) is 0 Å². The minimum atomic E-state index is 0.799. The van der Waals surface area contributed by atoms with Gasteiger partial charge in [0.1, 0.15) is 0 Å². The maximum Gasteiger partial charge on any atom is 0.0616 e. The second-order valence-electron chi connectivity index (χ2n) is 1.48. The van der Waals surface area contributed by atoms with E-state index in [1.807, 2.05) is 25.2 Å². The monoisotopic (exact) mass is 121 g/mol. The molecule has 0 saturated carbocycles. The van der Waals surface area contributed by atoms with Gasteiger partial charge in [-0.3, -0.25) is 4.99 Å². The van der Waals surface area contributed by atoms with Gasteiger partial charge >= 0.3 is 0 Å². The lowest BCUT2D eigenvalue weighted by atomic mass is 10.4. The van der Waals surface area contributed by atoms with E-state index in [0.717, 1.165) is 5.70 Å². The normalized spacial score (nSPS) is 11.9. The van der Waals surface area contributed by atoms with Gasteiger partial charge < -0.3 is 0 Å². The lowest BCUT2D eigenvalue weighted by molar-refractivity contribution is 1.44. The van der Waals surface area contributed by atoms with Crippen LogP contribution in [0.25, 0.3) is 0 Å². The molecule has 0 amide bonds. The van der Waals surface area contributed by atoms with Crippen LogP contribution >= 0.6 is 0 Å². The zero-order chi connectivity index (χ0) is 7.11. The van der Waals surface area contributed by atoms with Crippen LogP contribution in [0, 0.1) is 0 Å². The van der Waals surface area contributed by atoms with Crippen LogP contribution < -0.4 is 0 Å². The van der Waals surface area contributed by atoms with Gasteiger partial charge in [0.15, 0.2) is 0 Å². The molecule has 0 unspecified atom stereocenters. The van der Waals surface area contributed by atoms with Crippen LogP contribution in [0.5, 0.6) is 0 Å². The molecule has 0 spiro atoms. The van der Waals surface area contributed by atoms with Gasteiger partial charge in [-0.1, -0.05) is 18.7 Å². The predicted octanol–water partition coefficient (Wildman–Crippen LogP) is 2.33. The minimum Gasteiger partial charge on any atom is -0.265 e. The van der Waals surface area contributed by atoms with Crippen molar-refractivity contribution >= 4 is 6.72 Å². The first-order valence-corrected chi connectivity index (χ1v) is 2.77. The smallest absolute Gasteiger partial charge is 0.0616 e. The van der Waals surface area contributed by atoms with Gasteiger partial charge in [0.25, 0.3) is 0 Å². The molecule has 0 aliphatic rings. The molecule has 0 aliphatic heterocycles. The Hall–Kier alpha value is -1.11. The first-order valence-electron chi connectivity index (χ1n) is 2.77. The van der Waals surface area contributed by atoms with Crippen LogP contribution in [0.2, 0.25) is 0 Å². The summed E-state index contributed by atoms with van der Waals surface area (Å²) in [4.78, 5) is 3.69. The number of aliphatic imine (C=N–C) groups is 1. The van der Waals surface area contributed by atoms with Gasteiger partial charge in [-0.2, -0.15) is 0 Å². The lowest BCUT2D eigenvalue weighted by Gasteiger charge is -1.84. The maximum atomic E-state index is 3.69. The third kappa shape index (κ3) is 3.47. The van der Waals surface area contributed by atoms with E-state index in [1.54, 1.807) is 6.08 Å². The van der Waals surface area contributed by atoms with Gasteiger partial charge in [-0.05, 0) is 25.8 Å². The summed E-state index contributed by atoms with van der Waals surface area (Å²) in [5, 5.41) is 0. The summed E-state index contributed by atoms with van der Waals surface area (Å²) in [6.45, 7) is 8.85. The van der Waals surface area contributed by atoms with Crippen molar-refractivity contribution in [1.82, 2.24) is 0 Å². The highest BCUT2D eigenvalue weighted by Gasteiger charge is 1.76. The fourth-order valence-electron chi connectivity index (χ4n) is 0.380. The van der Waals surface area contributed by atoms with Crippen LogP contribution in [-0.2, 0) is 0 Å². The predicted molar refractivity (Wildman–Crippen MR) is 42.6 cm³/mol. The van der Waals surface area contributed by atoms with Crippen LogP contribution in [0.3, 0.4) is 0 Å². The van der Waals surface area contributed by atoms with Crippen LogP contribution in [0.15, 0.2) is 41.6 Å². The summed E-state index contributed by atoms with van der Waals surface area (Å²) in [5.74, 6) is 0. The molecular formula is C8H11N. The van der Waals surface area contributed by atoms with E-state index < -0.39 is 0 Å². The van der Waals surface area contributed by atoms with Crippen LogP contribution in [-0.4, -0.2) is 6.72 Å². The zero-order valence-electron chi connectivity index (χ0n) is 5.67. The summed E-state index contributed by atoms with van der Waals surface area (Å²) in [5.41, 5.74) is 0.799. The topological polar surface area (TPSA) is 12.4 Å². The Morgan fingerprint density at radius 2 is 2.22 bits per heavy atom. The van der Waals surface area contributed by atoms with Crippen LogP contribution in [0.4, 0.5) is 0 Å². The molecule has 1 heteroatoms. The molecule has 0 radical (unpaired) electrons. The summed E-state index contributed by atoms with van der Waals surface area (Å²) in [7, 11) is 0. The van der Waals surface area contributed by atoms with Gasteiger partial charge in [0.05, 0.1) is 5.70 Å². The van der Waals surface area contributed by atoms with E-state index in [2.05, 4.69) is 18.3 Å². The lowest BCUT2D eigenvalue weighted by Crippen LogP contribution is -1.64. The fraction of sp³-hybridized carbons (Fsp3) is 0.125. The average Bonchev–Trinajstić information content (AvgIpc) is 1.91. The number of hydrogen-bond acceptors (Lipinski definition) is 1. The Kier molecular flexibility index (Phi) is 4.41. The highest BCUT2D eigenvalue weighted by atomic mass is 14.7. The van der Waals surface area contributed by atoms with Crippen molar-refractivity contribution in [3.8, 4) is 0 Å². The van der Waals surface area contributed by atoms with Crippen molar-refractivity contribution in [1.29, 1.82) is 0 Å². The minimum absolute atomic E-state index is 0.799. The molecule has 0 atom stereocenters. The number of rotatable bonds is 3. The fourth-order valence-corrected chi connectivity index (χ4v) is 0.380. The van der Waals surface area contributed by atoms with Crippen molar-refractivity contribution < 1.29 is 0 Å². The Balaban J connectivity index is 4.06. The van der Waals surface area contributed by atoms with Crippen LogP contribution in [0.1, 0.15) is 6.92 Å². The third-order valence-electron chi connectivity index (χ3n) is 0.851. The van der Waals surface area contributed by atoms with Crippen molar-refractivity contribution in [3.63, 3.8) is 0 Å². The SMILES string of the molecule is C=C/C(=C/C=C\C)N=C. The zero-order valence-corrected chi connectivity index (χ0v) is 5.67. The van der Waals surface area contributed by atoms with E-state index in [-0.39, 0.29) is 0 Å². The highest BCUT2D eigenvalue weighted by Crippen LogP contribution is 1.95. The summed E-state index contributed by atoms with van der Waals surface area (Å²) in [6, 6.07) is 0. The van der Waals surface area contributed by atoms with Gasteiger partial charge in [0.2, 0.25) is 0 Å². The number of nitrogens with zero attached hydrogens (tertiary/aromatic N) is 1. The van der Waals surface area contributed by atoms with E-state index in [9.17, 15) is 0 Å². The molecule has 9 heavy (non-hydrogen) atoms. The summed E-state index contributed by atoms with van der Waals surface area (Å²) in [6.07, 6.45) is 7.33. The van der Waals surface area contributed by atoms with Gasteiger partial charge in [-0.25, -0.2) is 0 Å². The van der Waals surface area contributed by atoms with E-state index in [0.29, 0.717) is 0 Å². The second-order valence-corrected chi connectivity index (χ2v) is 1.48. The molecule has 0 N–H and O–H groups in total. The molecule has 0 saturated heterocycles. The Labute approximate surface area is 56.1 Å². The van der Waals surface area contributed by atoms with E-state index in [1.165, 1.54) is 0 Å². The van der Waals surface area contributed by atoms with E-state index in [4.69, 9.17) is 0 Å². The Bertz CT molecular complexity index is 142. The average molecular weight is 121 g/mol. The third-order valence-corrected chi connectivity index (χ3v) is 0.851. The first-order chi connectivity index (χ1) is 4.35. The molecule has 0 aliphatic carbocycles. The molecule has 0 heterocycles. The van der Waals surface area contributed by atoms with Gasteiger partial charge in [-0.15, -0.1) is 0 Å². The highest BCUT2D eigenvalue weighted by molar-refractivity contribution is 5.34. The molecular weight excluding hydrogens is 110 g/mol. The molecule has 0 rings (SSSR count). The second kappa shape index (κ2) is 5.04. The number of hydrogen-bond donors (Lipinski definition) is 0.